The van der Waals surface area contributed by atoms with Gasteiger partial charge in [0.25, 0.3) is 0 Å². The number of rotatable bonds is 50. The third-order valence-electron chi connectivity index (χ3n) is 12.8. The van der Waals surface area contributed by atoms with Crippen LogP contribution in [-0.2, 0) is 4.79 Å². The van der Waals surface area contributed by atoms with Crippen molar-refractivity contribution in [2.45, 2.75) is 321 Å². The van der Waals surface area contributed by atoms with Crippen molar-refractivity contribution in [2.75, 3.05) is 6.61 Å². The van der Waals surface area contributed by atoms with Crippen LogP contribution in [0.15, 0.2) is 12.2 Å². The first kappa shape index (κ1) is 57.1. The van der Waals surface area contributed by atoms with E-state index in [1.54, 1.807) is 0 Å². The Morgan fingerprint density at radius 1 is 0.397 bits per heavy atom. The van der Waals surface area contributed by atoms with Gasteiger partial charge in [-0.25, -0.2) is 0 Å². The van der Waals surface area contributed by atoms with Crippen LogP contribution < -0.4 is 5.32 Å². The second-order valence-corrected chi connectivity index (χ2v) is 18.7. The third kappa shape index (κ3) is 46.2. The zero-order valence-corrected chi connectivity index (χ0v) is 39.8. The zero-order valence-electron chi connectivity index (χ0n) is 39.8. The van der Waals surface area contributed by atoms with Crippen LogP contribution in [0.4, 0.5) is 0 Å². The van der Waals surface area contributed by atoms with E-state index in [4.69, 9.17) is 0 Å². The highest BCUT2D eigenvalue weighted by Crippen LogP contribution is 2.17. The van der Waals surface area contributed by atoms with E-state index in [1.807, 2.05) is 0 Å². The molecule has 0 aliphatic carbocycles. The average Bonchev–Trinajstić information content (AvgIpc) is 3.23. The van der Waals surface area contributed by atoms with Crippen LogP contribution in [0.3, 0.4) is 0 Å². The molecule has 0 aliphatic heterocycles. The molecule has 0 saturated heterocycles. The molecule has 2 atom stereocenters. The second kappa shape index (κ2) is 50.5. The Hall–Kier alpha value is -0.870. The van der Waals surface area contributed by atoms with Crippen molar-refractivity contribution >= 4 is 5.91 Å². The van der Waals surface area contributed by atoms with E-state index in [0.717, 1.165) is 25.7 Å². The van der Waals surface area contributed by atoms with Crippen LogP contribution in [0, 0.1) is 0 Å². The van der Waals surface area contributed by atoms with E-state index in [0.29, 0.717) is 12.8 Å². The minimum Gasteiger partial charge on any atom is -0.394 e. The molecule has 0 aromatic carbocycles. The fraction of sp³-hybridized carbons (Fsp3) is 0.944. The van der Waals surface area contributed by atoms with E-state index < -0.39 is 12.1 Å². The Morgan fingerprint density at radius 3 is 0.948 bits per heavy atom. The lowest BCUT2D eigenvalue weighted by atomic mass is 10.0. The molecule has 0 heterocycles. The number of carbonyl (C=O) groups excluding carboxylic acids is 1. The second-order valence-electron chi connectivity index (χ2n) is 18.7. The van der Waals surface area contributed by atoms with Gasteiger partial charge >= 0.3 is 0 Å². The first-order chi connectivity index (χ1) is 28.7. The van der Waals surface area contributed by atoms with Gasteiger partial charge in [-0.05, 0) is 38.5 Å². The molecule has 0 aliphatic rings. The van der Waals surface area contributed by atoms with Gasteiger partial charge in [-0.1, -0.05) is 276 Å². The molecule has 0 bridgehead atoms. The Labute approximate surface area is 365 Å². The molecule has 0 saturated carbocycles. The van der Waals surface area contributed by atoms with Crippen LogP contribution in [0.25, 0.3) is 0 Å². The SMILES string of the molecule is CCCCCCCCCCCCCCCCCC/C=C\CCCCCCCCCCCCCCCCCCCC(=O)NC(CO)C(O)CCCCCCCCCCC. The zero-order chi connectivity index (χ0) is 42.1. The van der Waals surface area contributed by atoms with E-state index in [2.05, 4.69) is 31.3 Å². The number of aliphatic hydroxyl groups excluding tert-OH is 2. The smallest absolute Gasteiger partial charge is 0.220 e. The summed E-state index contributed by atoms with van der Waals surface area (Å²) in [4.78, 5) is 12.4. The van der Waals surface area contributed by atoms with Crippen LogP contribution >= 0.6 is 0 Å². The van der Waals surface area contributed by atoms with E-state index in [-0.39, 0.29) is 12.5 Å². The lowest BCUT2D eigenvalue weighted by Gasteiger charge is -2.22. The number of amides is 1. The number of unbranched alkanes of at least 4 members (excludes halogenated alkanes) is 41. The molecule has 2 unspecified atom stereocenters. The predicted molar refractivity (Wildman–Crippen MR) is 258 cm³/mol. The molecule has 346 valence electrons. The van der Waals surface area contributed by atoms with Gasteiger partial charge in [-0.15, -0.1) is 0 Å². The molecule has 58 heavy (non-hydrogen) atoms. The first-order valence-corrected chi connectivity index (χ1v) is 26.9. The summed E-state index contributed by atoms with van der Waals surface area (Å²) in [7, 11) is 0. The molecule has 0 spiro atoms. The van der Waals surface area contributed by atoms with Crippen LogP contribution in [0.5, 0.6) is 0 Å². The van der Waals surface area contributed by atoms with Crippen molar-refractivity contribution in [1.82, 2.24) is 5.32 Å². The normalized spacial score (nSPS) is 12.8. The van der Waals surface area contributed by atoms with Crippen LogP contribution in [0.2, 0.25) is 0 Å². The van der Waals surface area contributed by atoms with E-state index in [9.17, 15) is 15.0 Å². The minimum absolute atomic E-state index is 0.0286. The summed E-state index contributed by atoms with van der Waals surface area (Å²) < 4.78 is 0. The van der Waals surface area contributed by atoms with Gasteiger partial charge in [-0.3, -0.25) is 4.79 Å². The van der Waals surface area contributed by atoms with Gasteiger partial charge in [-0.2, -0.15) is 0 Å². The minimum atomic E-state index is -0.653. The molecular weight excluding hydrogens is 711 g/mol. The summed E-state index contributed by atoms with van der Waals surface area (Å²) >= 11 is 0. The number of hydrogen-bond acceptors (Lipinski definition) is 3. The predicted octanol–water partition coefficient (Wildman–Crippen LogP) is 17.4. The molecule has 3 N–H and O–H groups in total. The third-order valence-corrected chi connectivity index (χ3v) is 12.8. The van der Waals surface area contributed by atoms with E-state index in [1.165, 1.54) is 257 Å². The maximum Gasteiger partial charge on any atom is 0.220 e. The van der Waals surface area contributed by atoms with Gasteiger partial charge in [0.15, 0.2) is 0 Å². The summed E-state index contributed by atoms with van der Waals surface area (Å²) in [5.74, 6) is -0.0286. The first-order valence-electron chi connectivity index (χ1n) is 26.9. The highest BCUT2D eigenvalue weighted by Gasteiger charge is 2.20. The number of carbonyl (C=O) groups is 1. The van der Waals surface area contributed by atoms with Gasteiger partial charge in [0.2, 0.25) is 5.91 Å². The standard InChI is InChI=1S/C54H107NO3/c1-3-5-7-9-11-13-14-15-16-17-18-19-20-21-22-23-24-25-26-27-28-29-30-31-32-33-34-35-36-37-38-39-40-42-44-46-48-50-54(58)55-52(51-56)53(57)49-47-45-43-41-12-10-8-6-4-2/h25-26,52-53,56-57H,3-24,27-51H2,1-2H3,(H,55,58)/b26-25-. The molecule has 4 nitrogen and oxygen atoms in total. The van der Waals surface area contributed by atoms with Crippen molar-refractivity contribution in [3.8, 4) is 0 Å². The van der Waals surface area contributed by atoms with Crippen molar-refractivity contribution in [1.29, 1.82) is 0 Å². The summed E-state index contributed by atoms with van der Waals surface area (Å²) in [6.07, 6.45) is 65.1. The Morgan fingerprint density at radius 2 is 0.655 bits per heavy atom. The van der Waals surface area contributed by atoms with Crippen molar-refractivity contribution < 1.29 is 15.0 Å². The van der Waals surface area contributed by atoms with Crippen molar-refractivity contribution in [2.24, 2.45) is 0 Å². The van der Waals surface area contributed by atoms with Gasteiger partial charge in [0.1, 0.15) is 0 Å². The fourth-order valence-corrected chi connectivity index (χ4v) is 8.65. The lowest BCUT2D eigenvalue weighted by Crippen LogP contribution is -2.45. The molecule has 0 aromatic heterocycles. The molecule has 1 amide bonds. The summed E-state index contributed by atoms with van der Waals surface area (Å²) in [5, 5.41) is 23.1. The van der Waals surface area contributed by atoms with Gasteiger partial charge in [0.05, 0.1) is 18.8 Å². The summed E-state index contributed by atoms with van der Waals surface area (Å²) in [6.45, 7) is 4.36. The molecule has 0 radical (unpaired) electrons. The quantitative estimate of drug-likeness (QED) is 0.0423. The molecule has 0 rings (SSSR count). The Bertz CT molecular complexity index is 799. The largest absolute Gasteiger partial charge is 0.394 e. The van der Waals surface area contributed by atoms with E-state index >= 15 is 0 Å². The Balaban J connectivity index is 3.32. The maximum absolute atomic E-state index is 12.4. The lowest BCUT2D eigenvalue weighted by molar-refractivity contribution is -0.123. The summed E-state index contributed by atoms with van der Waals surface area (Å²) in [6, 6.07) is -0.530. The topological polar surface area (TPSA) is 69.6 Å². The monoisotopic (exact) mass is 818 g/mol. The molecular formula is C54H107NO3. The number of allylic oxidation sites excluding steroid dienone is 2. The highest BCUT2D eigenvalue weighted by atomic mass is 16.3. The summed E-state index contributed by atoms with van der Waals surface area (Å²) in [5.41, 5.74) is 0. The van der Waals surface area contributed by atoms with Crippen LogP contribution in [-0.4, -0.2) is 34.9 Å². The highest BCUT2D eigenvalue weighted by molar-refractivity contribution is 5.76. The van der Waals surface area contributed by atoms with Crippen molar-refractivity contribution in [3.63, 3.8) is 0 Å². The molecule has 4 heteroatoms. The van der Waals surface area contributed by atoms with Crippen LogP contribution in [0.1, 0.15) is 309 Å². The average molecular weight is 818 g/mol. The van der Waals surface area contributed by atoms with Crippen molar-refractivity contribution in [3.05, 3.63) is 12.2 Å². The van der Waals surface area contributed by atoms with Gasteiger partial charge in [0, 0.05) is 6.42 Å². The molecule has 0 fully saturated rings. The number of aliphatic hydroxyl groups is 2. The number of nitrogens with one attached hydrogen (secondary N) is 1. The Kier molecular flexibility index (Phi) is 49.7. The fourth-order valence-electron chi connectivity index (χ4n) is 8.65. The maximum atomic E-state index is 12.4. The molecule has 0 aromatic rings. The number of hydrogen-bond donors (Lipinski definition) is 3. The van der Waals surface area contributed by atoms with Gasteiger partial charge < -0.3 is 15.5 Å².